The molecule has 0 saturated heterocycles. The van der Waals surface area contributed by atoms with E-state index in [0.717, 1.165) is 19.5 Å². The Hall–Kier alpha value is -2.96. The molecule has 31 heavy (non-hydrogen) atoms. The molecule has 3 aromatic carbocycles. The summed E-state index contributed by atoms with van der Waals surface area (Å²) in [6.45, 7) is 2.30. The SMILES string of the molecule is CN(CCCNC(=O)c1ccccc1NC(=O)c1ccccc1Br)Cc1ccccc1. The molecule has 0 aliphatic heterocycles. The maximum Gasteiger partial charge on any atom is 0.256 e. The third-order valence-corrected chi connectivity index (χ3v) is 5.53. The van der Waals surface area contributed by atoms with Gasteiger partial charge in [0.05, 0.1) is 16.8 Å². The average Bonchev–Trinajstić information content (AvgIpc) is 2.78. The number of halogens is 1. The Kier molecular flexibility index (Phi) is 8.38. The summed E-state index contributed by atoms with van der Waals surface area (Å²) in [4.78, 5) is 27.5. The normalized spacial score (nSPS) is 10.7. The zero-order chi connectivity index (χ0) is 22.1. The van der Waals surface area contributed by atoms with Crippen molar-refractivity contribution in [2.75, 3.05) is 25.5 Å². The van der Waals surface area contributed by atoms with Crippen LogP contribution in [-0.4, -0.2) is 36.9 Å². The van der Waals surface area contributed by atoms with Crippen molar-refractivity contribution < 1.29 is 9.59 Å². The Labute approximate surface area is 191 Å². The second-order valence-corrected chi connectivity index (χ2v) is 8.17. The minimum atomic E-state index is -0.268. The Morgan fingerprint density at radius 2 is 1.48 bits per heavy atom. The second-order valence-electron chi connectivity index (χ2n) is 7.31. The van der Waals surface area contributed by atoms with E-state index in [4.69, 9.17) is 0 Å². The van der Waals surface area contributed by atoms with Crippen LogP contribution >= 0.6 is 15.9 Å². The van der Waals surface area contributed by atoms with E-state index < -0.39 is 0 Å². The number of carbonyl (C=O) groups is 2. The first-order valence-electron chi connectivity index (χ1n) is 10.2. The fraction of sp³-hybridized carbons (Fsp3) is 0.200. The Morgan fingerprint density at radius 1 is 0.839 bits per heavy atom. The summed E-state index contributed by atoms with van der Waals surface area (Å²) in [6.07, 6.45) is 0.834. The molecule has 6 heteroatoms. The molecule has 0 radical (unpaired) electrons. The summed E-state index contributed by atoms with van der Waals surface area (Å²) in [6, 6.07) is 24.5. The highest BCUT2D eigenvalue weighted by Gasteiger charge is 2.15. The van der Waals surface area contributed by atoms with Gasteiger partial charge >= 0.3 is 0 Å². The van der Waals surface area contributed by atoms with E-state index in [0.29, 0.717) is 27.8 Å². The van der Waals surface area contributed by atoms with E-state index in [2.05, 4.69) is 50.6 Å². The lowest BCUT2D eigenvalue weighted by molar-refractivity contribution is 0.0952. The van der Waals surface area contributed by atoms with Gasteiger partial charge in [-0.15, -0.1) is 0 Å². The maximum absolute atomic E-state index is 12.7. The van der Waals surface area contributed by atoms with E-state index in [1.165, 1.54) is 5.56 Å². The van der Waals surface area contributed by atoms with Crippen molar-refractivity contribution in [1.29, 1.82) is 0 Å². The number of hydrogen-bond donors (Lipinski definition) is 2. The van der Waals surface area contributed by atoms with Crippen LogP contribution in [0.3, 0.4) is 0 Å². The molecule has 3 rings (SSSR count). The third-order valence-electron chi connectivity index (χ3n) is 4.84. The van der Waals surface area contributed by atoms with Gasteiger partial charge in [0, 0.05) is 17.6 Å². The zero-order valence-electron chi connectivity index (χ0n) is 17.5. The number of hydrogen-bond acceptors (Lipinski definition) is 3. The molecule has 0 aliphatic carbocycles. The van der Waals surface area contributed by atoms with Gasteiger partial charge in [-0.25, -0.2) is 0 Å². The van der Waals surface area contributed by atoms with E-state index in [1.54, 1.807) is 36.4 Å². The molecule has 0 bridgehead atoms. The van der Waals surface area contributed by atoms with Crippen molar-refractivity contribution in [3.8, 4) is 0 Å². The van der Waals surface area contributed by atoms with Gasteiger partial charge < -0.3 is 15.5 Å². The molecular weight excluding hydrogens is 454 g/mol. The van der Waals surface area contributed by atoms with Gasteiger partial charge in [0.15, 0.2) is 0 Å². The highest BCUT2D eigenvalue weighted by molar-refractivity contribution is 9.10. The van der Waals surface area contributed by atoms with Crippen molar-refractivity contribution in [3.63, 3.8) is 0 Å². The lowest BCUT2D eigenvalue weighted by Crippen LogP contribution is -2.29. The summed E-state index contributed by atoms with van der Waals surface area (Å²) in [5.74, 6) is -0.469. The van der Waals surface area contributed by atoms with E-state index in [-0.39, 0.29) is 11.8 Å². The van der Waals surface area contributed by atoms with Crippen molar-refractivity contribution in [1.82, 2.24) is 10.2 Å². The lowest BCUT2D eigenvalue weighted by atomic mass is 10.1. The molecule has 5 nitrogen and oxygen atoms in total. The molecule has 0 unspecified atom stereocenters. The minimum absolute atomic E-state index is 0.200. The summed E-state index contributed by atoms with van der Waals surface area (Å²) in [5.41, 5.74) is 2.71. The van der Waals surface area contributed by atoms with Gasteiger partial charge in [-0.05, 0) is 65.8 Å². The van der Waals surface area contributed by atoms with Gasteiger partial charge in [0.25, 0.3) is 11.8 Å². The highest BCUT2D eigenvalue weighted by atomic mass is 79.9. The predicted molar refractivity (Wildman–Crippen MR) is 128 cm³/mol. The first-order valence-corrected chi connectivity index (χ1v) is 11.0. The Bertz CT molecular complexity index is 1020. The monoisotopic (exact) mass is 479 g/mol. The first kappa shape index (κ1) is 22.7. The largest absolute Gasteiger partial charge is 0.352 e. The van der Waals surface area contributed by atoms with Gasteiger partial charge in [-0.2, -0.15) is 0 Å². The number of anilines is 1. The second kappa shape index (κ2) is 11.4. The fourth-order valence-electron chi connectivity index (χ4n) is 3.25. The smallest absolute Gasteiger partial charge is 0.256 e. The number of rotatable bonds is 9. The zero-order valence-corrected chi connectivity index (χ0v) is 19.1. The molecule has 0 spiro atoms. The molecule has 160 valence electrons. The van der Waals surface area contributed by atoms with Crippen LogP contribution in [0.5, 0.6) is 0 Å². The van der Waals surface area contributed by atoms with Crippen LogP contribution < -0.4 is 10.6 Å². The molecule has 2 amide bonds. The molecule has 2 N–H and O–H groups in total. The van der Waals surface area contributed by atoms with Crippen LogP contribution in [0.2, 0.25) is 0 Å². The molecule has 0 aliphatic rings. The van der Waals surface area contributed by atoms with E-state index >= 15 is 0 Å². The average molecular weight is 480 g/mol. The van der Waals surface area contributed by atoms with Crippen LogP contribution in [0.4, 0.5) is 5.69 Å². The van der Waals surface area contributed by atoms with Crippen molar-refractivity contribution in [3.05, 3.63) is 100 Å². The molecule has 3 aromatic rings. The molecule has 0 fully saturated rings. The fourth-order valence-corrected chi connectivity index (χ4v) is 3.71. The quantitative estimate of drug-likeness (QED) is 0.426. The Balaban J connectivity index is 1.51. The molecule has 0 atom stereocenters. The van der Waals surface area contributed by atoms with Crippen molar-refractivity contribution >= 4 is 33.4 Å². The number of nitrogens with zero attached hydrogens (tertiary/aromatic N) is 1. The summed E-state index contributed by atoms with van der Waals surface area (Å²) < 4.78 is 0.703. The van der Waals surface area contributed by atoms with Crippen molar-refractivity contribution in [2.45, 2.75) is 13.0 Å². The molecule has 0 heterocycles. The van der Waals surface area contributed by atoms with Gasteiger partial charge in [0.1, 0.15) is 0 Å². The molecule has 0 aromatic heterocycles. The summed E-state index contributed by atoms with van der Waals surface area (Å²) in [7, 11) is 2.07. The first-order chi connectivity index (χ1) is 15.0. The number of carbonyl (C=O) groups excluding carboxylic acids is 2. The number of para-hydroxylation sites is 1. The number of nitrogens with one attached hydrogen (secondary N) is 2. The van der Waals surface area contributed by atoms with Crippen LogP contribution in [0.1, 0.15) is 32.7 Å². The van der Waals surface area contributed by atoms with Crippen molar-refractivity contribution in [2.24, 2.45) is 0 Å². The molecule has 0 saturated carbocycles. The van der Waals surface area contributed by atoms with E-state index in [9.17, 15) is 9.59 Å². The van der Waals surface area contributed by atoms with Crippen LogP contribution in [0.25, 0.3) is 0 Å². The van der Waals surface area contributed by atoms with Crippen LogP contribution in [-0.2, 0) is 6.54 Å². The number of benzene rings is 3. The van der Waals surface area contributed by atoms with Crippen LogP contribution in [0.15, 0.2) is 83.3 Å². The Morgan fingerprint density at radius 3 is 2.23 bits per heavy atom. The van der Waals surface area contributed by atoms with Crippen LogP contribution in [0, 0.1) is 0 Å². The summed E-state index contributed by atoms with van der Waals surface area (Å²) >= 11 is 3.39. The number of amides is 2. The molecular formula is C25H26BrN3O2. The highest BCUT2D eigenvalue weighted by Crippen LogP contribution is 2.20. The lowest BCUT2D eigenvalue weighted by Gasteiger charge is -2.17. The van der Waals surface area contributed by atoms with Gasteiger partial charge in [-0.3, -0.25) is 9.59 Å². The maximum atomic E-state index is 12.7. The van der Waals surface area contributed by atoms with Gasteiger partial charge in [-0.1, -0.05) is 54.6 Å². The standard InChI is InChI=1S/C25H26BrN3O2/c1-29(18-19-10-3-2-4-11-19)17-9-16-27-24(30)21-13-6-8-15-23(21)28-25(31)20-12-5-7-14-22(20)26/h2-8,10-15H,9,16-18H2,1H3,(H,27,30)(H,28,31). The topological polar surface area (TPSA) is 61.4 Å². The van der Waals surface area contributed by atoms with Gasteiger partial charge in [0.2, 0.25) is 0 Å². The third kappa shape index (κ3) is 6.77. The summed E-state index contributed by atoms with van der Waals surface area (Å²) in [5, 5.41) is 5.80. The van der Waals surface area contributed by atoms with E-state index in [1.807, 2.05) is 30.3 Å². The minimum Gasteiger partial charge on any atom is -0.352 e. The predicted octanol–water partition coefficient (Wildman–Crippen LogP) is 4.95.